The molecule has 3 saturated carbocycles. The first-order valence-electron chi connectivity index (χ1n) is 10.2. The molecule has 3 rings (SSSR count). The van der Waals surface area contributed by atoms with Crippen LogP contribution in [0.3, 0.4) is 0 Å². The van der Waals surface area contributed by atoms with E-state index < -0.39 is 0 Å². The Morgan fingerprint density at radius 2 is 1.61 bits per heavy atom. The van der Waals surface area contributed by atoms with E-state index in [1.165, 1.54) is 51.4 Å². The third kappa shape index (κ3) is 4.31. The summed E-state index contributed by atoms with van der Waals surface area (Å²) in [4.78, 5) is 0. The lowest BCUT2D eigenvalue weighted by molar-refractivity contribution is -0.123. The van der Waals surface area contributed by atoms with Gasteiger partial charge in [-0.05, 0) is 55.3 Å². The van der Waals surface area contributed by atoms with Crippen LogP contribution >= 0.6 is 0 Å². The topological polar surface area (TPSA) is 40.5 Å². The lowest BCUT2D eigenvalue weighted by Gasteiger charge is -2.61. The minimum absolute atomic E-state index is 0.158. The molecule has 3 aliphatic rings. The molecule has 0 spiro atoms. The van der Waals surface area contributed by atoms with E-state index in [-0.39, 0.29) is 18.6 Å². The van der Waals surface area contributed by atoms with Gasteiger partial charge in [0.2, 0.25) is 0 Å². The van der Waals surface area contributed by atoms with Crippen molar-refractivity contribution in [2.45, 2.75) is 91.4 Å². The van der Waals surface area contributed by atoms with E-state index in [0.717, 1.165) is 37.0 Å². The Hall–Kier alpha value is -0.0800. The average molecular weight is 325 g/mol. The molecular formula is C21H40O2. The Kier molecular flexibility index (Phi) is 6.98. The van der Waals surface area contributed by atoms with Gasteiger partial charge in [-0.1, -0.05) is 59.3 Å². The molecule has 3 unspecified atom stereocenters. The zero-order chi connectivity index (χ0) is 16.9. The Balaban J connectivity index is 1.82. The van der Waals surface area contributed by atoms with Crippen molar-refractivity contribution in [3.63, 3.8) is 0 Å². The van der Waals surface area contributed by atoms with Gasteiger partial charge >= 0.3 is 0 Å². The fourth-order valence-electron chi connectivity index (χ4n) is 5.48. The van der Waals surface area contributed by atoms with E-state index in [4.69, 9.17) is 0 Å². The van der Waals surface area contributed by atoms with Crippen molar-refractivity contribution in [2.24, 2.45) is 28.6 Å². The molecule has 3 aliphatic carbocycles. The van der Waals surface area contributed by atoms with Gasteiger partial charge in [-0.15, -0.1) is 0 Å². The molecule has 0 amide bonds. The maximum atomic E-state index is 10.0. The van der Waals surface area contributed by atoms with Gasteiger partial charge in [0, 0.05) is 5.41 Å². The molecular weight excluding hydrogens is 284 g/mol. The van der Waals surface area contributed by atoms with Crippen molar-refractivity contribution < 1.29 is 10.2 Å². The van der Waals surface area contributed by atoms with Crippen LogP contribution in [0.4, 0.5) is 0 Å². The van der Waals surface area contributed by atoms with E-state index in [2.05, 4.69) is 20.8 Å². The van der Waals surface area contributed by atoms with Crippen LogP contribution in [0.1, 0.15) is 91.4 Å². The van der Waals surface area contributed by atoms with Crippen LogP contribution in [0, 0.1) is 28.6 Å². The zero-order valence-corrected chi connectivity index (χ0v) is 15.8. The first-order valence-corrected chi connectivity index (χ1v) is 10.2. The second kappa shape index (κ2) is 8.34. The molecule has 0 radical (unpaired) electrons. The third-order valence-corrected chi connectivity index (χ3v) is 7.43. The van der Waals surface area contributed by atoms with Gasteiger partial charge < -0.3 is 10.2 Å². The lowest BCUT2D eigenvalue weighted by atomic mass is 9.44. The highest BCUT2D eigenvalue weighted by Gasteiger charge is 2.55. The van der Waals surface area contributed by atoms with Gasteiger partial charge in [0.1, 0.15) is 0 Å². The molecule has 2 N–H and O–H groups in total. The largest absolute Gasteiger partial charge is 0.396 e. The van der Waals surface area contributed by atoms with E-state index in [1.807, 2.05) is 0 Å². The minimum atomic E-state index is -0.228. The predicted octanol–water partition coefficient (Wildman–Crippen LogP) is 5.17. The van der Waals surface area contributed by atoms with Crippen LogP contribution in [0.25, 0.3) is 0 Å². The van der Waals surface area contributed by atoms with Crippen LogP contribution in [0.15, 0.2) is 0 Å². The summed E-state index contributed by atoms with van der Waals surface area (Å²) < 4.78 is 0. The van der Waals surface area contributed by atoms with Crippen LogP contribution in [0.5, 0.6) is 0 Å². The fraction of sp³-hybridized carbons (Fsp3) is 1.00. The number of unbranched alkanes of at least 4 members (excludes halogenated alkanes) is 5. The standard InChI is InChI=1S/C21H40O2/c1-4-5-6-7-8-9-12-21(15-22,16-23)14-17-10-11-18-13-19(17)20(18,2)3/h17-19,22-23H,4-16H2,1-3H3. The molecule has 0 aromatic rings. The van der Waals surface area contributed by atoms with Gasteiger partial charge in [0.15, 0.2) is 0 Å². The van der Waals surface area contributed by atoms with E-state index in [1.54, 1.807) is 0 Å². The Morgan fingerprint density at radius 1 is 0.957 bits per heavy atom. The van der Waals surface area contributed by atoms with Crippen molar-refractivity contribution in [3.05, 3.63) is 0 Å². The molecule has 2 nitrogen and oxygen atoms in total. The SMILES string of the molecule is CCCCCCCCC(CO)(CO)CC1CCC2CC1C2(C)C. The molecule has 0 aromatic carbocycles. The highest BCUT2D eigenvalue weighted by Crippen LogP contribution is 2.63. The molecule has 2 bridgehead atoms. The van der Waals surface area contributed by atoms with Crippen LogP contribution in [-0.4, -0.2) is 23.4 Å². The third-order valence-electron chi connectivity index (χ3n) is 7.43. The smallest absolute Gasteiger partial charge is 0.0509 e. The van der Waals surface area contributed by atoms with Crippen molar-refractivity contribution in [3.8, 4) is 0 Å². The maximum Gasteiger partial charge on any atom is 0.0509 e. The van der Waals surface area contributed by atoms with E-state index in [9.17, 15) is 10.2 Å². The van der Waals surface area contributed by atoms with Crippen LogP contribution in [0.2, 0.25) is 0 Å². The maximum absolute atomic E-state index is 10.0. The number of fused-ring (bicyclic) bond motifs is 2. The van der Waals surface area contributed by atoms with Gasteiger partial charge in [0.05, 0.1) is 13.2 Å². The first-order chi connectivity index (χ1) is 11.0. The summed E-state index contributed by atoms with van der Waals surface area (Å²) in [6.45, 7) is 7.44. The molecule has 2 heteroatoms. The van der Waals surface area contributed by atoms with Crippen molar-refractivity contribution in [1.82, 2.24) is 0 Å². The number of hydrogen-bond donors (Lipinski definition) is 2. The van der Waals surface area contributed by atoms with Crippen molar-refractivity contribution in [1.29, 1.82) is 0 Å². The second-order valence-electron chi connectivity index (χ2n) is 9.24. The Bertz CT molecular complexity index is 344. The number of aliphatic hydroxyl groups excluding tert-OH is 2. The summed E-state index contributed by atoms with van der Waals surface area (Å²) in [6, 6.07) is 0. The van der Waals surface area contributed by atoms with Gasteiger partial charge in [-0.3, -0.25) is 0 Å². The first kappa shape index (κ1) is 19.2. The monoisotopic (exact) mass is 324 g/mol. The Labute approximate surface area is 144 Å². The molecule has 0 aliphatic heterocycles. The predicted molar refractivity (Wildman–Crippen MR) is 97.3 cm³/mol. The number of aliphatic hydroxyl groups is 2. The number of hydrogen-bond acceptors (Lipinski definition) is 2. The molecule has 3 fully saturated rings. The summed E-state index contributed by atoms with van der Waals surface area (Å²) in [5, 5.41) is 20.0. The molecule has 3 atom stereocenters. The Morgan fingerprint density at radius 3 is 2.17 bits per heavy atom. The normalized spacial score (nSPS) is 29.3. The molecule has 23 heavy (non-hydrogen) atoms. The van der Waals surface area contributed by atoms with Crippen LogP contribution < -0.4 is 0 Å². The van der Waals surface area contributed by atoms with Crippen molar-refractivity contribution in [2.75, 3.05) is 13.2 Å². The average Bonchev–Trinajstić information content (AvgIpc) is 2.56. The quantitative estimate of drug-likeness (QED) is 0.515. The van der Waals surface area contributed by atoms with Gasteiger partial charge in [-0.25, -0.2) is 0 Å². The zero-order valence-electron chi connectivity index (χ0n) is 15.8. The van der Waals surface area contributed by atoms with Gasteiger partial charge in [-0.2, -0.15) is 0 Å². The summed E-state index contributed by atoms with van der Waals surface area (Å²) in [7, 11) is 0. The minimum Gasteiger partial charge on any atom is -0.396 e. The summed E-state index contributed by atoms with van der Waals surface area (Å²) in [5.74, 6) is 2.47. The molecule has 0 aromatic heterocycles. The lowest BCUT2D eigenvalue weighted by Crippen LogP contribution is -2.53. The summed E-state index contributed by atoms with van der Waals surface area (Å²) in [5.41, 5.74) is 0.271. The second-order valence-corrected chi connectivity index (χ2v) is 9.24. The van der Waals surface area contributed by atoms with E-state index in [0.29, 0.717) is 5.41 Å². The molecule has 0 saturated heterocycles. The summed E-state index contributed by atoms with van der Waals surface area (Å²) >= 11 is 0. The van der Waals surface area contributed by atoms with Crippen molar-refractivity contribution >= 4 is 0 Å². The molecule has 136 valence electrons. The summed E-state index contributed by atoms with van der Waals surface area (Å²) in [6.07, 6.45) is 13.8. The van der Waals surface area contributed by atoms with Crippen LogP contribution in [-0.2, 0) is 0 Å². The van der Waals surface area contributed by atoms with E-state index >= 15 is 0 Å². The highest BCUT2D eigenvalue weighted by atomic mass is 16.3. The van der Waals surface area contributed by atoms with Gasteiger partial charge in [0.25, 0.3) is 0 Å². The molecule has 0 heterocycles. The number of rotatable bonds is 11. The fourth-order valence-corrected chi connectivity index (χ4v) is 5.48. The highest BCUT2D eigenvalue weighted by molar-refractivity contribution is 5.04.